The van der Waals surface area contributed by atoms with Crippen molar-refractivity contribution in [3.63, 3.8) is 0 Å². The maximum atomic E-state index is 5.56. The molecule has 5 nitrogen and oxygen atoms in total. The van der Waals surface area contributed by atoms with Gasteiger partial charge in [-0.25, -0.2) is 4.98 Å². The van der Waals surface area contributed by atoms with Gasteiger partial charge in [-0.1, -0.05) is 6.07 Å². The predicted octanol–water partition coefficient (Wildman–Crippen LogP) is 4.23. The summed E-state index contributed by atoms with van der Waals surface area (Å²) in [4.78, 5) is 9.72. The van der Waals surface area contributed by atoms with Gasteiger partial charge in [0.1, 0.15) is 5.82 Å². The maximum Gasteiger partial charge on any atom is 0.121 e. The van der Waals surface area contributed by atoms with Crippen molar-refractivity contribution in [1.82, 2.24) is 14.5 Å². The first-order valence-corrected chi connectivity index (χ1v) is 9.77. The molecule has 1 aromatic carbocycles. The van der Waals surface area contributed by atoms with Crippen molar-refractivity contribution in [2.75, 3.05) is 25.6 Å². The molecule has 3 heterocycles. The lowest BCUT2D eigenvalue weighted by Gasteiger charge is -2.28. The lowest BCUT2D eigenvalue weighted by Crippen LogP contribution is -2.28. The lowest BCUT2D eigenvalue weighted by atomic mass is 9.87. The van der Waals surface area contributed by atoms with Crippen molar-refractivity contribution >= 4 is 16.7 Å². The molecule has 0 radical (unpaired) electrons. The molecule has 27 heavy (non-hydrogen) atoms. The number of aromatic nitrogens is 3. The SMILES string of the molecule is CNc1ccc2c(c1)nc(C(C)(C)c1ccccn1)n2CC1CCOCC1. The summed E-state index contributed by atoms with van der Waals surface area (Å²) in [5.41, 5.74) is 4.08. The fourth-order valence-corrected chi connectivity index (χ4v) is 3.98. The molecule has 1 aliphatic heterocycles. The van der Waals surface area contributed by atoms with Crippen LogP contribution in [0.1, 0.15) is 38.2 Å². The van der Waals surface area contributed by atoms with Crippen LogP contribution in [0.4, 0.5) is 5.69 Å². The molecule has 0 atom stereocenters. The first-order chi connectivity index (χ1) is 13.1. The van der Waals surface area contributed by atoms with Gasteiger partial charge < -0.3 is 14.6 Å². The molecule has 0 saturated carbocycles. The van der Waals surface area contributed by atoms with E-state index in [1.54, 1.807) is 0 Å². The van der Waals surface area contributed by atoms with Gasteiger partial charge in [-0.3, -0.25) is 4.98 Å². The van der Waals surface area contributed by atoms with Gasteiger partial charge in [0.25, 0.3) is 0 Å². The quantitative estimate of drug-likeness (QED) is 0.736. The van der Waals surface area contributed by atoms with Crippen LogP contribution in [0.3, 0.4) is 0 Å². The largest absolute Gasteiger partial charge is 0.388 e. The van der Waals surface area contributed by atoms with Gasteiger partial charge in [0.15, 0.2) is 0 Å². The number of nitrogens with zero attached hydrogens (tertiary/aromatic N) is 3. The van der Waals surface area contributed by atoms with E-state index < -0.39 is 0 Å². The molecule has 0 unspecified atom stereocenters. The van der Waals surface area contributed by atoms with Crippen LogP contribution >= 0.6 is 0 Å². The van der Waals surface area contributed by atoms with Crippen LogP contribution in [0.2, 0.25) is 0 Å². The van der Waals surface area contributed by atoms with Crippen LogP contribution in [0.5, 0.6) is 0 Å². The molecular formula is C22H28N4O. The smallest absolute Gasteiger partial charge is 0.121 e. The second-order valence-electron chi connectivity index (χ2n) is 7.90. The highest BCUT2D eigenvalue weighted by Crippen LogP contribution is 2.34. The zero-order chi connectivity index (χ0) is 18.9. The Bertz CT molecular complexity index is 911. The minimum atomic E-state index is -0.273. The molecule has 142 valence electrons. The Labute approximate surface area is 160 Å². The van der Waals surface area contributed by atoms with Crippen molar-refractivity contribution in [3.8, 4) is 0 Å². The van der Waals surface area contributed by atoms with Crippen molar-refractivity contribution in [1.29, 1.82) is 0 Å². The third kappa shape index (κ3) is 3.44. The predicted molar refractivity (Wildman–Crippen MR) is 109 cm³/mol. The van der Waals surface area contributed by atoms with Crippen LogP contribution in [0, 0.1) is 5.92 Å². The highest BCUT2D eigenvalue weighted by atomic mass is 16.5. The molecule has 5 heteroatoms. The molecular weight excluding hydrogens is 336 g/mol. The lowest BCUT2D eigenvalue weighted by molar-refractivity contribution is 0.0611. The molecule has 1 N–H and O–H groups in total. The summed E-state index contributed by atoms with van der Waals surface area (Å²) in [6.07, 6.45) is 4.08. The highest BCUT2D eigenvalue weighted by Gasteiger charge is 2.32. The molecule has 0 aliphatic carbocycles. The molecule has 1 aliphatic rings. The third-order valence-corrected chi connectivity index (χ3v) is 5.68. The number of rotatable bonds is 5. The van der Waals surface area contributed by atoms with Crippen LogP contribution in [-0.2, 0) is 16.7 Å². The number of anilines is 1. The van der Waals surface area contributed by atoms with Gasteiger partial charge >= 0.3 is 0 Å². The first-order valence-electron chi connectivity index (χ1n) is 9.77. The summed E-state index contributed by atoms with van der Waals surface area (Å²) in [7, 11) is 1.94. The number of fused-ring (bicyclic) bond motifs is 1. The fourth-order valence-electron chi connectivity index (χ4n) is 3.98. The minimum Gasteiger partial charge on any atom is -0.388 e. The van der Waals surface area contributed by atoms with Gasteiger partial charge in [0.05, 0.1) is 22.1 Å². The fraction of sp³-hybridized carbons (Fsp3) is 0.455. The standard InChI is InChI=1S/C22H28N4O/c1-22(2,20-6-4-5-11-24-20)21-25-18-14-17(23-3)7-8-19(18)26(21)15-16-9-12-27-13-10-16/h4-8,11,14,16,23H,9-10,12-13,15H2,1-3H3. The summed E-state index contributed by atoms with van der Waals surface area (Å²) in [5.74, 6) is 1.70. The van der Waals surface area contributed by atoms with Crippen LogP contribution in [-0.4, -0.2) is 34.8 Å². The number of benzene rings is 1. The molecule has 4 rings (SSSR count). The van der Waals surface area contributed by atoms with E-state index in [1.165, 1.54) is 5.52 Å². The van der Waals surface area contributed by atoms with E-state index in [1.807, 2.05) is 19.3 Å². The van der Waals surface area contributed by atoms with Gasteiger partial charge in [-0.05, 0) is 62.9 Å². The number of hydrogen-bond acceptors (Lipinski definition) is 4. The highest BCUT2D eigenvalue weighted by molar-refractivity contribution is 5.80. The van der Waals surface area contributed by atoms with E-state index in [2.05, 4.69) is 59.0 Å². The maximum absolute atomic E-state index is 5.56. The number of ether oxygens (including phenoxy) is 1. The second kappa shape index (κ2) is 7.31. The Hall–Kier alpha value is -2.40. The topological polar surface area (TPSA) is 52.0 Å². The van der Waals surface area contributed by atoms with Gasteiger partial charge in [0.2, 0.25) is 0 Å². The molecule has 1 fully saturated rings. The Balaban J connectivity index is 1.83. The Morgan fingerprint density at radius 1 is 1.19 bits per heavy atom. The van der Waals surface area contributed by atoms with Crippen LogP contribution < -0.4 is 5.32 Å². The molecule has 1 saturated heterocycles. The zero-order valence-electron chi connectivity index (χ0n) is 16.4. The first kappa shape index (κ1) is 18.0. The van der Waals surface area contributed by atoms with E-state index in [0.717, 1.165) is 55.3 Å². The zero-order valence-corrected chi connectivity index (χ0v) is 16.4. The number of hydrogen-bond donors (Lipinski definition) is 1. The summed E-state index contributed by atoms with van der Waals surface area (Å²) in [5, 5.41) is 3.22. The Morgan fingerprint density at radius 2 is 2.00 bits per heavy atom. The number of pyridine rings is 1. The number of imidazole rings is 1. The van der Waals surface area contributed by atoms with Crippen molar-refractivity contribution in [2.24, 2.45) is 5.92 Å². The summed E-state index contributed by atoms with van der Waals surface area (Å²) >= 11 is 0. The normalized spacial score (nSPS) is 16.0. The molecule has 0 spiro atoms. The molecule has 0 bridgehead atoms. The molecule has 3 aromatic rings. The van der Waals surface area contributed by atoms with Crippen molar-refractivity contribution < 1.29 is 4.74 Å². The molecule has 0 amide bonds. The minimum absolute atomic E-state index is 0.273. The van der Waals surface area contributed by atoms with Crippen molar-refractivity contribution in [3.05, 3.63) is 54.1 Å². The summed E-state index contributed by atoms with van der Waals surface area (Å²) in [6, 6.07) is 12.6. The third-order valence-electron chi connectivity index (χ3n) is 5.68. The van der Waals surface area contributed by atoms with E-state index in [4.69, 9.17) is 9.72 Å². The van der Waals surface area contributed by atoms with E-state index in [-0.39, 0.29) is 5.41 Å². The average Bonchev–Trinajstić information content (AvgIpc) is 3.08. The van der Waals surface area contributed by atoms with E-state index in [9.17, 15) is 0 Å². The van der Waals surface area contributed by atoms with Gasteiger partial charge in [0, 0.05) is 38.7 Å². The monoisotopic (exact) mass is 364 g/mol. The molecule has 2 aromatic heterocycles. The Morgan fingerprint density at radius 3 is 2.70 bits per heavy atom. The van der Waals surface area contributed by atoms with Gasteiger partial charge in [-0.15, -0.1) is 0 Å². The summed E-state index contributed by atoms with van der Waals surface area (Å²) in [6.45, 7) is 7.14. The van der Waals surface area contributed by atoms with E-state index in [0.29, 0.717) is 5.92 Å². The number of nitrogens with one attached hydrogen (secondary N) is 1. The average molecular weight is 364 g/mol. The second-order valence-corrected chi connectivity index (χ2v) is 7.90. The van der Waals surface area contributed by atoms with Crippen LogP contribution in [0.15, 0.2) is 42.6 Å². The van der Waals surface area contributed by atoms with Crippen LogP contribution in [0.25, 0.3) is 11.0 Å². The van der Waals surface area contributed by atoms with Crippen molar-refractivity contribution in [2.45, 2.75) is 38.6 Å². The van der Waals surface area contributed by atoms with Gasteiger partial charge in [-0.2, -0.15) is 0 Å². The summed E-state index contributed by atoms with van der Waals surface area (Å²) < 4.78 is 7.98. The van der Waals surface area contributed by atoms with E-state index >= 15 is 0 Å². The Kier molecular flexibility index (Phi) is 4.87.